The molecule has 1 aromatic heterocycles. The third kappa shape index (κ3) is 10.4. The maximum Gasteiger partial charge on any atom is 0.407 e. The van der Waals surface area contributed by atoms with Gasteiger partial charge in [0.2, 0.25) is 0 Å². The van der Waals surface area contributed by atoms with Gasteiger partial charge in [0, 0.05) is 39.6 Å². The quantitative estimate of drug-likeness (QED) is 0.225. The number of ether oxygens (including phenoxy) is 1. The van der Waals surface area contributed by atoms with Gasteiger partial charge in [-0.05, 0) is 27.2 Å². The molecule has 0 bridgehead atoms. The van der Waals surface area contributed by atoms with Crippen LogP contribution >= 0.6 is 24.0 Å². The number of carbonyl (C=O) groups excluding carboxylic acids is 1. The maximum absolute atomic E-state index is 11.5. The lowest BCUT2D eigenvalue weighted by Crippen LogP contribution is -2.40. The molecule has 0 aliphatic carbocycles. The average molecular weight is 481 g/mol. The third-order valence-corrected chi connectivity index (χ3v) is 3.19. The highest BCUT2D eigenvalue weighted by Crippen LogP contribution is 2.06. The zero-order chi connectivity index (χ0) is 18.7. The van der Waals surface area contributed by atoms with Gasteiger partial charge in [-0.2, -0.15) is 0 Å². The molecular weight excluding hydrogens is 449 g/mol. The summed E-state index contributed by atoms with van der Waals surface area (Å²) in [6, 6.07) is 0. The van der Waals surface area contributed by atoms with E-state index < -0.39 is 11.7 Å². The van der Waals surface area contributed by atoms with Crippen LogP contribution in [0.15, 0.2) is 11.3 Å². The number of amides is 1. The predicted octanol–water partition coefficient (Wildman–Crippen LogP) is 1.54. The maximum atomic E-state index is 11.5. The van der Waals surface area contributed by atoms with Gasteiger partial charge in [-0.25, -0.2) is 4.79 Å². The molecule has 150 valence electrons. The van der Waals surface area contributed by atoms with E-state index in [1.54, 1.807) is 13.4 Å². The summed E-state index contributed by atoms with van der Waals surface area (Å²) in [4.78, 5) is 15.7. The molecule has 0 spiro atoms. The minimum atomic E-state index is -0.476. The van der Waals surface area contributed by atoms with E-state index in [1.165, 1.54) is 0 Å². The second kappa shape index (κ2) is 12.7. The standard InChI is InChI=1S/C16H31N7O2.HI/c1-6-13-22-21-12-23(13)11-10-19-14(17-5)18-8-7-9-20-15(24)25-16(2,3)4;/h12H,6-11H2,1-5H3,(H,20,24)(H2,17,18,19);1H. The Labute approximate surface area is 172 Å². The van der Waals surface area contributed by atoms with Crippen LogP contribution in [0.4, 0.5) is 4.79 Å². The van der Waals surface area contributed by atoms with E-state index in [2.05, 4.69) is 38.1 Å². The highest BCUT2D eigenvalue weighted by molar-refractivity contribution is 14.0. The van der Waals surface area contributed by atoms with Gasteiger partial charge in [-0.1, -0.05) is 6.92 Å². The number of nitrogens with zero attached hydrogens (tertiary/aromatic N) is 4. The van der Waals surface area contributed by atoms with Gasteiger partial charge < -0.3 is 25.3 Å². The fraction of sp³-hybridized carbons (Fsp3) is 0.750. The van der Waals surface area contributed by atoms with Gasteiger partial charge in [-0.15, -0.1) is 34.2 Å². The number of aromatic nitrogens is 3. The van der Waals surface area contributed by atoms with E-state index in [1.807, 2.05) is 25.3 Å². The number of hydrogen-bond acceptors (Lipinski definition) is 5. The molecule has 0 saturated carbocycles. The van der Waals surface area contributed by atoms with Crippen LogP contribution in [-0.4, -0.2) is 59.1 Å². The zero-order valence-electron chi connectivity index (χ0n) is 16.3. The number of aryl methyl sites for hydroxylation is 1. The molecule has 0 radical (unpaired) electrons. The molecule has 3 N–H and O–H groups in total. The number of carbonyl (C=O) groups is 1. The molecule has 9 nitrogen and oxygen atoms in total. The van der Waals surface area contributed by atoms with Crippen molar-refractivity contribution >= 4 is 36.0 Å². The van der Waals surface area contributed by atoms with Crippen molar-refractivity contribution in [2.24, 2.45) is 4.99 Å². The lowest BCUT2D eigenvalue weighted by molar-refractivity contribution is 0.0527. The Kier molecular flexibility index (Phi) is 11.9. The van der Waals surface area contributed by atoms with Crippen molar-refractivity contribution in [3.8, 4) is 0 Å². The van der Waals surface area contributed by atoms with Crippen LogP contribution in [0.5, 0.6) is 0 Å². The molecule has 0 fully saturated rings. The van der Waals surface area contributed by atoms with Crippen molar-refractivity contribution in [2.45, 2.75) is 52.7 Å². The zero-order valence-corrected chi connectivity index (χ0v) is 18.7. The third-order valence-electron chi connectivity index (χ3n) is 3.19. The van der Waals surface area contributed by atoms with E-state index in [-0.39, 0.29) is 24.0 Å². The van der Waals surface area contributed by atoms with Gasteiger partial charge in [0.15, 0.2) is 5.96 Å². The Hall–Kier alpha value is -1.59. The number of hydrogen-bond donors (Lipinski definition) is 3. The van der Waals surface area contributed by atoms with Gasteiger partial charge in [0.05, 0.1) is 0 Å². The van der Waals surface area contributed by atoms with E-state index in [0.29, 0.717) is 13.1 Å². The van der Waals surface area contributed by atoms with Crippen molar-refractivity contribution in [2.75, 3.05) is 26.7 Å². The van der Waals surface area contributed by atoms with Crippen molar-refractivity contribution in [1.82, 2.24) is 30.7 Å². The molecule has 26 heavy (non-hydrogen) atoms. The summed E-state index contributed by atoms with van der Waals surface area (Å²) in [6.45, 7) is 10.3. The number of rotatable bonds is 8. The molecule has 0 unspecified atom stereocenters. The van der Waals surface area contributed by atoms with E-state index in [4.69, 9.17) is 4.74 Å². The molecule has 0 aliphatic heterocycles. The van der Waals surface area contributed by atoms with Crippen LogP contribution in [0.1, 0.15) is 39.9 Å². The Morgan fingerprint density at radius 2 is 1.88 bits per heavy atom. The first-order valence-electron chi connectivity index (χ1n) is 8.63. The topological polar surface area (TPSA) is 105 Å². The van der Waals surface area contributed by atoms with E-state index >= 15 is 0 Å². The monoisotopic (exact) mass is 481 g/mol. The fourth-order valence-electron chi connectivity index (χ4n) is 2.05. The second-order valence-electron chi connectivity index (χ2n) is 6.50. The summed E-state index contributed by atoms with van der Waals surface area (Å²) < 4.78 is 7.19. The van der Waals surface area contributed by atoms with Crippen LogP contribution in [0.2, 0.25) is 0 Å². The highest BCUT2D eigenvalue weighted by atomic mass is 127. The van der Waals surface area contributed by atoms with E-state index in [0.717, 1.165) is 37.7 Å². The summed E-state index contributed by atoms with van der Waals surface area (Å²) in [6.07, 6.45) is 2.97. The van der Waals surface area contributed by atoms with Crippen molar-refractivity contribution in [3.05, 3.63) is 12.2 Å². The molecule has 0 atom stereocenters. The van der Waals surface area contributed by atoms with Crippen LogP contribution in [0.3, 0.4) is 0 Å². The Bertz CT molecular complexity index is 555. The number of halogens is 1. The normalized spacial score (nSPS) is 11.5. The SMILES string of the molecule is CCc1nncn1CCNC(=NC)NCCCNC(=O)OC(C)(C)C.I. The second-order valence-corrected chi connectivity index (χ2v) is 6.50. The average Bonchev–Trinajstić information content (AvgIpc) is 2.98. The van der Waals surface area contributed by atoms with Gasteiger partial charge in [0.1, 0.15) is 17.8 Å². The largest absolute Gasteiger partial charge is 0.444 e. The van der Waals surface area contributed by atoms with Crippen LogP contribution < -0.4 is 16.0 Å². The minimum Gasteiger partial charge on any atom is -0.444 e. The van der Waals surface area contributed by atoms with Crippen LogP contribution in [0.25, 0.3) is 0 Å². The molecule has 1 amide bonds. The lowest BCUT2D eigenvalue weighted by Gasteiger charge is -2.19. The van der Waals surface area contributed by atoms with Crippen LogP contribution in [0, 0.1) is 0 Å². The molecule has 10 heteroatoms. The number of aliphatic imine (C=N–C) groups is 1. The molecule has 1 aromatic rings. The van der Waals surface area contributed by atoms with Gasteiger partial charge in [-0.3, -0.25) is 4.99 Å². The molecule has 1 rings (SSSR count). The summed E-state index contributed by atoms with van der Waals surface area (Å²) in [5.74, 6) is 1.70. The van der Waals surface area contributed by atoms with Crippen LogP contribution in [-0.2, 0) is 17.7 Å². The number of alkyl carbamates (subject to hydrolysis) is 1. The summed E-state index contributed by atoms with van der Waals surface area (Å²) in [7, 11) is 1.73. The number of guanidine groups is 1. The summed E-state index contributed by atoms with van der Waals surface area (Å²) >= 11 is 0. The van der Waals surface area contributed by atoms with Gasteiger partial charge in [0.25, 0.3) is 0 Å². The molecule has 1 heterocycles. The van der Waals surface area contributed by atoms with Crippen molar-refractivity contribution in [3.63, 3.8) is 0 Å². The van der Waals surface area contributed by atoms with Gasteiger partial charge >= 0.3 is 6.09 Å². The predicted molar refractivity (Wildman–Crippen MR) is 113 cm³/mol. The minimum absolute atomic E-state index is 0. The lowest BCUT2D eigenvalue weighted by atomic mass is 10.2. The Balaban J connectivity index is 0.00000625. The van der Waals surface area contributed by atoms with Crippen molar-refractivity contribution < 1.29 is 9.53 Å². The molecule has 0 aromatic carbocycles. The molecule has 0 saturated heterocycles. The smallest absolute Gasteiger partial charge is 0.407 e. The first-order valence-corrected chi connectivity index (χ1v) is 8.63. The Morgan fingerprint density at radius 1 is 1.23 bits per heavy atom. The van der Waals surface area contributed by atoms with E-state index in [9.17, 15) is 4.79 Å². The first-order chi connectivity index (χ1) is 11.9. The number of nitrogens with one attached hydrogen (secondary N) is 3. The highest BCUT2D eigenvalue weighted by Gasteiger charge is 2.15. The molecule has 0 aliphatic rings. The summed E-state index contributed by atoms with van der Waals surface area (Å²) in [5.41, 5.74) is -0.476. The summed E-state index contributed by atoms with van der Waals surface area (Å²) in [5, 5.41) is 17.1. The first kappa shape index (κ1) is 24.4. The molecular formula is C16H32IN7O2. The Morgan fingerprint density at radius 3 is 2.50 bits per heavy atom. The van der Waals surface area contributed by atoms with Crippen molar-refractivity contribution in [1.29, 1.82) is 0 Å². The fourth-order valence-corrected chi connectivity index (χ4v) is 2.05.